The van der Waals surface area contributed by atoms with E-state index in [2.05, 4.69) is 29.6 Å². The molecule has 0 atom stereocenters. The molecule has 1 aromatic heterocycles. The van der Waals surface area contributed by atoms with Crippen molar-refractivity contribution >= 4 is 45.2 Å². The summed E-state index contributed by atoms with van der Waals surface area (Å²) in [6, 6.07) is 19.9. The van der Waals surface area contributed by atoms with Gasteiger partial charge in [0.15, 0.2) is 0 Å². The van der Waals surface area contributed by atoms with E-state index < -0.39 is 0 Å². The van der Waals surface area contributed by atoms with E-state index in [9.17, 15) is 9.59 Å². The molecule has 0 fully saturated rings. The van der Waals surface area contributed by atoms with Gasteiger partial charge in [-0.05, 0) is 41.1 Å². The average molecular weight is 377 g/mol. The molecule has 0 radical (unpaired) electrons. The maximum absolute atomic E-state index is 12.3. The Morgan fingerprint density at radius 1 is 0.926 bits per heavy atom. The first-order chi connectivity index (χ1) is 13.0. The molecule has 0 saturated carbocycles. The third-order valence-electron chi connectivity index (χ3n) is 4.65. The second-order valence-electron chi connectivity index (χ2n) is 6.45. The number of carbonyl (C=O) groups excluding carboxylic acids is 1. The number of aryl methyl sites for hydroxylation is 2. The van der Waals surface area contributed by atoms with Crippen LogP contribution in [0.4, 0.5) is 5.69 Å². The van der Waals surface area contributed by atoms with Crippen LogP contribution in [-0.2, 0) is 18.9 Å². The fourth-order valence-corrected chi connectivity index (χ4v) is 3.93. The maximum Gasteiger partial charge on any atom is 0.328 e. The van der Waals surface area contributed by atoms with E-state index in [0.717, 1.165) is 15.9 Å². The fourth-order valence-electron chi connectivity index (χ4n) is 3.19. The Hall–Kier alpha value is -2.99. The smallest absolute Gasteiger partial charge is 0.325 e. The molecule has 1 heterocycles. The van der Waals surface area contributed by atoms with Crippen LogP contribution in [0.15, 0.2) is 70.4 Å². The molecule has 0 saturated heterocycles. The Balaban J connectivity index is 1.46. The SMILES string of the molecule is Cn1c(=O)n(C)c2cc(NC(=O)CSc3ccc4ccccc4c3)ccc21. The summed E-state index contributed by atoms with van der Waals surface area (Å²) in [6.45, 7) is 0. The Labute approximate surface area is 160 Å². The minimum absolute atomic E-state index is 0.0755. The second-order valence-corrected chi connectivity index (χ2v) is 7.50. The molecule has 6 heteroatoms. The van der Waals surface area contributed by atoms with Crippen molar-refractivity contribution in [1.29, 1.82) is 0 Å². The number of nitrogens with one attached hydrogen (secondary N) is 1. The van der Waals surface area contributed by atoms with Crippen molar-refractivity contribution in [1.82, 2.24) is 9.13 Å². The predicted octanol–water partition coefficient (Wildman–Crippen LogP) is 3.76. The van der Waals surface area contributed by atoms with Crippen molar-refractivity contribution in [3.63, 3.8) is 0 Å². The zero-order valence-electron chi connectivity index (χ0n) is 15.1. The molecule has 27 heavy (non-hydrogen) atoms. The number of nitrogens with zero attached hydrogens (tertiary/aromatic N) is 2. The molecule has 0 aliphatic rings. The van der Waals surface area contributed by atoms with Crippen LogP contribution in [0, 0.1) is 0 Å². The number of thioether (sulfide) groups is 1. The van der Waals surface area contributed by atoms with Gasteiger partial charge in [0.05, 0.1) is 16.8 Å². The summed E-state index contributed by atoms with van der Waals surface area (Å²) in [7, 11) is 3.47. The van der Waals surface area contributed by atoms with Crippen LogP contribution in [0.2, 0.25) is 0 Å². The van der Waals surface area contributed by atoms with Crippen LogP contribution < -0.4 is 11.0 Å². The molecule has 1 amide bonds. The number of imidazole rings is 1. The summed E-state index contributed by atoms with van der Waals surface area (Å²) in [5.74, 6) is 0.248. The molecule has 0 aliphatic carbocycles. The van der Waals surface area contributed by atoms with Crippen molar-refractivity contribution in [2.24, 2.45) is 14.1 Å². The minimum atomic E-state index is -0.0830. The van der Waals surface area contributed by atoms with E-state index in [1.54, 1.807) is 23.2 Å². The molecular weight excluding hydrogens is 358 g/mol. The van der Waals surface area contributed by atoms with Gasteiger partial charge in [-0.2, -0.15) is 0 Å². The van der Waals surface area contributed by atoms with E-state index in [1.165, 1.54) is 22.5 Å². The summed E-state index contributed by atoms with van der Waals surface area (Å²) < 4.78 is 3.17. The normalized spacial score (nSPS) is 11.2. The molecule has 1 N–H and O–H groups in total. The lowest BCUT2D eigenvalue weighted by atomic mass is 10.1. The van der Waals surface area contributed by atoms with Gasteiger partial charge in [-0.1, -0.05) is 30.3 Å². The first-order valence-electron chi connectivity index (χ1n) is 8.60. The molecule has 3 aromatic carbocycles. The first-order valence-corrected chi connectivity index (χ1v) is 9.58. The Bertz CT molecular complexity index is 1220. The molecule has 4 rings (SSSR count). The van der Waals surface area contributed by atoms with Crippen LogP contribution in [0.5, 0.6) is 0 Å². The molecule has 5 nitrogen and oxygen atoms in total. The highest BCUT2D eigenvalue weighted by molar-refractivity contribution is 8.00. The molecule has 136 valence electrons. The van der Waals surface area contributed by atoms with Gasteiger partial charge in [0, 0.05) is 24.7 Å². The maximum atomic E-state index is 12.3. The van der Waals surface area contributed by atoms with Crippen LogP contribution in [0.1, 0.15) is 0 Å². The molecule has 0 unspecified atom stereocenters. The number of amides is 1. The van der Waals surface area contributed by atoms with Gasteiger partial charge in [0.1, 0.15) is 0 Å². The van der Waals surface area contributed by atoms with Gasteiger partial charge < -0.3 is 5.32 Å². The number of hydrogen-bond donors (Lipinski definition) is 1. The topological polar surface area (TPSA) is 56.0 Å². The van der Waals surface area contributed by atoms with Gasteiger partial charge in [-0.3, -0.25) is 13.9 Å². The average Bonchev–Trinajstić information content (AvgIpc) is 2.90. The molecule has 4 aromatic rings. The van der Waals surface area contributed by atoms with E-state index in [-0.39, 0.29) is 11.6 Å². The molecule has 0 bridgehead atoms. The largest absolute Gasteiger partial charge is 0.328 e. The summed E-state index contributed by atoms with van der Waals surface area (Å²) in [5, 5.41) is 5.27. The van der Waals surface area contributed by atoms with Gasteiger partial charge >= 0.3 is 5.69 Å². The summed E-state index contributed by atoms with van der Waals surface area (Å²) >= 11 is 1.50. The number of carbonyl (C=O) groups is 1. The van der Waals surface area contributed by atoms with Gasteiger partial charge in [-0.25, -0.2) is 4.79 Å². The second kappa shape index (κ2) is 6.96. The van der Waals surface area contributed by atoms with Crippen molar-refractivity contribution in [3.8, 4) is 0 Å². The van der Waals surface area contributed by atoms with E-state index >= 15 is 0 Å². The zero-order valence-corrected chi connectivity index (χ0v) is 15.9. The van der Waals surface area contributed by atoms with Crippen molar-refractivity contribution in [3.05, 3.63) is 71.1 Å². The lowest BCUT2D eigenvalue weighted by Crippen LogP contribution is -2.19. The Morgan fingerprint density at radius 2 is 1.67 bits per heavy atom. The molecule has 0 aliphatic heterocycles. The quantitative estimate of drug-likeness (QED) is 0.551. The van der Waals surface area contributed by atoms with Crippen LogP contribution in [-0.4, -0.2) is 20.8 Å². The van der Waals surface area contributed by atoms with Crippen LogP contribution >= 0.6 is 11.8 Å². The van der Waals surface area contributed by atoms with Crippen molar-refractivity contribution in [2.45, 2.75) is 4.90 Å². The van der Waals surface area contributed by atoms with E-state index in [1.807, 2.05) is 36.4 Å². The Morgan fingerprint density at radius 3 is 2.48 bits per heavy atom. The third kappa shape index (κ3) is 3.36. The standard InChI is InChI=1S/C21H19N3O2S/c1-23-18-10-8-16(12-19(18)24(2)21(23)26)22-20(25)13-27-17-9-7-14-5-3-4-6-15(14)11-17/h3-12H,13H2,1-2H3,(H,22,25). The van der Waals surface area contributed by atoms with Crippen molar-refractivity contribution in [2.75, 3.05) is 11.1 Å². The number of rotatable bonds is 4. The number of aromatic nitrogens is 2. The number of hydrogen-bond acceptors (Lipinski definition) is 3. The monoisotopic (exact) mass is 377 g/mol. The molecular formula is C21H19N3O2S. The Kier molecular flexibility index (Phi) is 4.49. The lowest BCUT2D eigenvalue weighted by molar-refractivity contribution is -0.113. The number of benzene rings is 3. The summed E-state index contributed by atoms with van der Waals surface area (Å²) in [4.78, 5) is 25.4. The third-order valence-corrected chi connectivity index (χ3v) is 5.64. The van der Waals surface area contributed by atoms with Gasteiger partial charge in [-0.15, -0.1) is 11.8 Å². The predicted molar refractivity (Wildman–Crippen MR) is 111 cm³/mol. The minimum Gasteiger partial charge on any atom is -0.325 e. The van der Waals surface area contributed by atoms with Crippen LogP contribution in [0.25, 0.3) is 21.8 Å². The van der Waals surface area contributed by atoms with Gasteiger partial charge in [0.25, 0.3) is 0 Å². The highest BCUT2D eigenvalue weighted by atomic mass is 32.2. The lowest BCUT2D eigenvalue weighted by Gasteiger charge is -2.07. The summed E-state index contributed by atoms with van der Waals surface area (Å²) in [6.07, 6.45) is 0. The first kappa shape index (κ1) is 17.4. The van der Waals surface area contributed by atoms with E-state index in [4.69, 9.17) is 0 Å². The molecule has 0 spiro atoms. The highest BCUT2D eigenvalue weighted by Gasteiger charge is 2.10. The van der Waals surface area contributed by atoms with Gasteiger partial charge in [0.2, 0.25) is 5.91 Å². The number of fused-ring (bicyclic) bond motifs is 2. The summed E-state index contributed by atoms with van der Waals surface area (Å²) in [5.41, 5.74) is 2.24. The van der Waals surface area contributed by atoms with E-state index in [0.29, 0.717) is 11.4 Å². The zero-order chi connectivity index (χ0) is 19.0. The highest BCUT2D eigenvalue weighted by Crippen LogP contribution is 2.24. The van der Waals surface area contributed by atoms with Crippen LogP contribution in [0.3, 0.4) is 0 Å². The fraction of sp³-hybridized carbons (Fsp3) is 0.143. The van der Waals surface area contributed by atoms with Crippen molar-refractivity contribution < 1.29 is 4.79 Å². The number of anilines is 1.